The van der Waals surface area contributed by atoms with E-state index >= 15 is 0 Å². The predicted molar refractivity (Wildman–Crippen MR) is 87.5 cm³/mol. The predicted octanol–water partition coefficient (Wildman–Crippen LogP) is 3.01. The van der Waals surface area contributed by atoms with E-state index in [-0.39, 0.29) is 16.4 Å². The van der Waals surface area contributed by atoms with Gasteiger partial charge in [-0.25, -0.2) is 13.2 Å². The number of para-hydroxylation sites is 1. The van der Waals surface area contributed by atoms with Crippen molar-refractivity contribution >= 4 is 21.7 Å². The van der Waals surface area contributed by atoms with Crippen molar-refractivity contribution in [3.8, 4) is 0 Å². The fourth-order valence-electron chi connectivity index (χ4n) is 2.93. The van der Waals surface area contributed by atoms with Crippen LogP contribution in [0.3, 0.4) is 0 Å². The Kier molecular flexibility index (Phi) is 3.64. The molecule has 1 N–H and O–H groups in total. The molecule has 0 spiro atoms. The summed E-state index contributed by atoms with van der Waals surface area (Å²) in [5, 5.41) is 9.12. The third-order valence-corrected chi connectivity index (χ3v) is 6.10. The molecule has 1 aliphatic rings. The molecule has 0 fully saturated rings. The topological polar surface area (TPSA) is 74.7 Å². The molecule has 1 heterocycles. The van der Waals surface area contributed by atoms with Crippen LogP contribution in [-0.2, 0) is 10.0 Å². The van der Waals surface area contributed by atoms with E-state index in [0.29, 0.717) is 17.8 Å². The summed E-state index contributed by atoms with van der Waals surface area (Å²) in [6.07, 6.45) is 0. The lowest BCUT2D eigenvalue weighted by molar-refractivity contribution is 0.0696. The Bertz CT molecular complexity index is 889. The quantitative estimate of drug-likeness (QED) is 0.938. The molecule has 1 atom stereocenters. The van der Waals surface area contributed by atoms with E-state index in [1.54, 1.807) is 19.1 Å². The van der Waals surface area contributed by atoms with Crippen LogP contribution >= 0.6 is 0 Å². The first kappa shape index (κ1) is 15.6. The Morgan fingerprint density at radius 3 is 2.61 bits per heavy atom. The SMILES string of the molecule is Cc1ccc(C(=O)O)cc1S(=O)(=O)N1CC(C)c2ccccc21. The smallest absolute Gasteiger partial charge is 0.335 e. The molecule has 3 rings (SSSR count). The summed E-state index contributed by atoms with van der Waals surface area (Å²) in [4.78, 5) is 11.2. The summed E-state index contributed by atoms with van der Waals surface area (Å²) in [5.41, 5.74) is 2.16. The number of aromatic carboxylic acids is 1. The van der Waals surface area contributed by atoms with Gasteiger partial charge < -0.3 is 5.11 Å². The first-order valence-electron chi connectivity index (χ1n) is 7.28. The molecule has 0 bridgehead atoms. The third-order valence-electron chi connectivity index (χ3n) is 4.18. The number of carboxylic acid groups (broad SMARTS) is 1. The van der Waals surface area contributed by atoms with Gasteiger partial charge >= 0.3 is 5.97 Å². The maximum Gasteiger partial charge on any atom is 0.335 e. The average molecular weight is 331 g/mol. The molecule has 5 nitrogen and oxygen atoms in total. The largest absolute Gasteiger partial charge is 0.478 e. The standard InChI is InChI=1S/C17H17NO4S/c1-11-7-8-13(17(19)20)9-16(11)23(21,22)18-10-12(2)14-5-3-4-6-15(14)18/h3-9,12H,10H2,1-2H3,(H,19,20). The molecule has 1 aliphatic heterocycles. The molecule has 6 heteroatoms. The highest BCUT2D eigenvalue weighted by Crippen LogP contribution is 2.39. The van der Waals surface area contributed by atoms with E-state index in [1.807, 2.05) is 19.1 Å². The number of sulfonamides is 1. The Labute approximate surface area is 135 Å². The van der Waals surface area contributed by atoms with Crippen molar-refractivity contribution in [3.63, 3.8) is 0 Å². The fourth-order valence-corrected chi connectivity index (χ4v) is 4.77. The van der Waals surface area contributed by atoms with Crippen molar-refractivity contribution < 1.29 is 18.3 Å². The van der Waals surface area contributed by atoms with Crippen molar-refractivity contribution in [2.75, 3.05) is 10.8 Å². The van der Waals surface area contributed by atoms with Gasteiger partial charge in [-0.3, -0.25) is 4.31 Å². The summed E-state index contributed by atoms with van der Waals surface area (Å²) in [5.74, 6) is -1.04. The zero-order valence-corrected chi connectivity index (χ0v) is 13.7. The fraction of sp³-hybridized carbons (Fsp3) is 0.235. The summed E-state index contributed by atoms with van der Waals surface area (Å²) >= 11 is 0. The minimum Gasteiger partial charge on any atom is -0.478 e. The Balaban J connectivity index is 2.14. The van der Waals surface area contributed by atoms with Crippen LogP contribution in [0, 0.1) is 6.92 Å². The van der Waals surface area contributed by atoms with Crippen LogP contribution in [0.25, 0.3) is 0 Å². The Morgan fingerprint density at radius 2 is 1.91 bits per heavy atom. The van der Waals surface area contributed by atoms with Gasteiger partial charge in [0.1, 0.15) is 0 Å². The molecule has 0 saturated heterocycles. The van der Waals surface area contributed by atoms with Gasteiger partial charge in [-0.2, -0.15) is 0 Å². The molecule has 23 heavy (non-hydrogen) atoms. The van der Waals surface area contributed by atoms with E-state index < -0.39 is 16.0 Å². The van der Waals surface area contributed by atoms with E-state index in [4.69, 9.17) is 5.11 Å². The second kappa shape index (κ2) is 5.38. The molecular weight excluding hydrogens is 314 g/mol. The van der Waals surface area contributed by atoms with Crippen molar-refractivity contribution in [1.82, 2.24) is 0 Å². The summed E-state index contributed by atoms with van der Waals surface area (Å²) in [6.45, 7) is 4.01. The highest BCUT2D eigenvalue weighted by molar-refractivity contribution is 7.93. The molecule has 2 aromatic carbocycles. The molecule has 0 radical (unpaired) electrons. The molecule has 0 saturated carbocycles. The Hall–Kier alpha value is -2.34. The minimum atomic E-state index is -3.80. The third kappa shape index (κ3) is 2.49. The van der Waals surface area contributed by atoms with Crippen molar-refractivity contribution in [3.05, 3.63) is 59.2 Å². The lowest BCUT2D eigenvalue weighted by Crippen LogP contribution is -2.30. The van der Waals surface area contributed by atoms with Crippen LogP contribution < -0.4 is 4.31 Å². The van der Waals surface area contributed by atoms with Gasteiger partial charge in [-0.05, 0) is 36.2 Å². The van der Waals surface area contributed by atoms with Crippen LogP contribution in [0.15, 0.2) is 47.4 Å². The molecule has 0 amide bonds. The molecular formula is C17H17NO4S. The van der Waals surface area contributed by atoms with Crippen LogP contribution in [0.1, 0.15) is 34.3 Å². The van der Waals surface area contributed by atoms with Gasteiger partial charge in [0, 0.05) is 12.5 Å². The lowest BCUT2D eigenvalue weighted by atomic mass is 10.0. The molecule has 0 aromatic heterocycles. The van der Waals surface area contributed by atoms with Gasteiger partial charge in [0.2, 0.25) is 0 Å². The summed E-state index contributed by atoms with van der Waals surface area (Å²) in [7, 11) is -3.80. The normalized spacial score (nSPS) is 17.1. The number of nitrogens with zero attached hydrogens (tertiary/aromatic N) is 1. The number of hydrogen-bond acceptors (Lipinski definition) is 3. The number of carbonyl (C=O) groups is 1. The van der Waals surface area contributed by atoms with E-state index in [9.17, 15) is 13.2 Å². The van der Waals surface area contributed by atoms with Gasteiger partial charge in [0.25, 0.3) is 10.0 Å². The average Bonchev–Trinajstić information content (AvgIpc) is 2.86. The van der Waals surface area contributed by atoms with Crippen molar-refractivity contribution in [2.45, 2.75) is 24.7 Å². The minimum absolute atomic E-state index is 0.0327. The van der Waals surface area contributed by atoms with Crippen LogP contribution in [0.5, 0.6) is 0 Å². The Morgan fingerprint density at radius 1 is 1.22 bits per heavy atom. The highest BCUT2D eigenvalue weighted by atomic mass is 32.2. The molecule has 1 unspecified atom stereocenters. The number of fused-ring (bicyclic) bond motifs is 1. The lowest BCUT2D eigenvalue weighted by Gasteiger charge is -2.21. The second-order valence-electron chi connectivity index (χ2n) is 5.78. The first-order valence-corrected chi connectivity index (χ1v) is 8.72. The number of carboxylic acids is 1. The maximum atomic E-state index is 13.1. The van der Waals surface area contributed by atoms with E-state index in [2.05, 4.69) is 0 Å². The number of anilines is 1. The molecule has 2 aromatic rings. The van der Waals surface area contributed by atoms with Crippen molar-refractivity contribution in [2.24, 2.45) is 0 Å². The van der Waals surface area contributed by atoms with Crippen LogP contribution in [0.2, 0.25) is 0 Å². The number of rotatable bonds is 3. The van der Waals surface area contributed by atoms with Gasteiger partial charge in [0.05, 0.1) is 16.1 Å². The zero-order valence-electron chi connectivity index (χ0n) is 12.9. The van der Waals surface area contributed by atoms with Crippen LogP contribution in [0.4, 0.5) is 5.69 Å². The van der Waals surface area contributed by atoms with Crippen LogP contribution in [-0.4, -0.2) is 26.0 Å². The van der Waals surface area contributed by atoms with Gasteiger partial charge in [-0.15, -0.1) is 0 Å². The summed E-state index contributed by atoms with van der Waals surface area (Å²) < 4.78 is 27.5. The number of aryl methyl sites for hydroxylation is 1. The van der Waals surface area contributed by atoms with Gasteiger partial charge in [-0.1, -0.05) is 31.2 Å². The van der Waals surface area contributed by atoms with E-state index in [0.717, 1.165) is 5.56 Å². The monoisotopic (exact) mass is 331 g/mol. The molecule has 0 aliphatic carbocycles. The van der Waals surface area contributed by atoms with Crippen molar-refractivity contribution in [1.29, 1.82) is 0 Å². The number of benzene rings is 2. The highest BCUT2D eigenvalue weighted by Gasteiger charge is 2.35. The van der Waals surface area contributed by atoms with Gasteiger partial charge in [0.15, 0.2) is 0 Å². The molecule has 120 valence electrons. The first-order chi connectivity index (χ1) is 10.8. The zero-order chi connectivity index (χ0) is 16.8. The van der Waals surface area contributed by atoms with E-state index in [1.165, 1.54) is 22.5 Å². The second-order valence-corrected chi connectivity index (χ2v) is 7.61. The maximum absolute atomic E-state index is 13.1. The summed E-state index contributed by atoms with van der Waals surface area (Å²) in [6, 6.07) is 11.6. The number of hydrogen-bond donors (Lipinski definition) is 1.